The quantitative estimate of drug-likeness (QED) is 0.673. The first kappa shape index (κ1) is 10.4. The Morgan fingerprint density at radius 1 is 0.938 bits per heavy atom. The summed E-state index contributed by atoms with van der Waals surface area (Å²) in [5.74, 6) is 6.96. The molecule has 0 N–H and O–H groups in total. The van der Waals surface area contributed by atoms with Crippen molar-refractivity contribution in [2.75, 3.05) is 0 Å². The average Bonchev–Trinajstić information content (AvgIpc) is 2.38. The van der Waals surface area contributed by atoms with Gasteiger partial charge >= 0.3 is 0 Å². The maximum absolute atomic E-state index is 4.20. The minimum atomic E-state index is 0.848. The molecule has 16 heavy (non-hydrogen) atoms. The highest BCUT2D eigenvalue weighted by molar-refractivity contribution is 5.40. The molecule has 78 valence electrons. The molecule has 0 aliphatic carbocycles. The Morgan fingerprint density at radius 2 is 1.56 bits per heavy atom. The smallest absolute Gasteiger partial charge is 0.128 e. The molecule has 0 saturated carbocycles. The predicted octanol–water partition coefficient (Wildman–Crippen LogP) is 2.44. The molecule has 0 aliphatic heterocycles. The lowest BCUT2D eigenvalue weighted by Crippen LogP contribution is -1.91. The van der Waals surface area contributed by atoms with E-state index in [4.69, 9.17) is 0 Å². The van der Waals surface area contributed by atoms with E-state index in [1.807, 2.05) is 37.3 Å². The summed E-state index contributed by atoms with van der Waals surface area (Å²) in [6.07, 6.45) is 4.38. The second-order valence-corrected chi connectivity index (χ2v) is 3.36. The molecule has 0 aliphatic rings. The maximum Gasteiger partial charge on any atom is 0.128 e. The van der Waals surface area contributed by atoms with Gasteiger partial charge in [0.2, 0.25) is 0 Å². The Balaban J connectivity index is 2.18. The molecule has 0 unspecified atom stereocenters. The van der Waals surface area contributed by atoms with Gasteiger partial charge in [-0.3, -0.25) is 0 Å². The lowest BCUT2D eigenvalue weighted by molar-refractivity contribution is 0.936. The van der Waals surface area contributed by atoms with Crippen LogP contribution in [0.5, 0.6) is 0 Å². The minimum absolute atomic E-state index is 0.848. The molecule has 2 nitrogen and oxygen atoms in total. The van der Waals surface area contributed by atoms with Gasteiger partial charge in [-0.1, -0.05) is 37.0 Å². The number of nitrogens with zero attached hydrogens (tertiary/aromatic N) is 2. The van der Waals surface area contributed by atoms with E-state index in [1.165, 1.54) is 0 Å². The first-order valence-electron chi connectivity index (χ1n) is 5.26. The topological polar surface area (TPSA) is 25.8 Å². The van der Waals surface area contributed by atoms with E-state index in [-0.39, 0.29) is 0 Å². The molecule has 1 aromatic carbocycles. The van der Waals surface area contributed by atoms with Gasteiger partial charge in [-0.15, -0.1) is 0 Å². The van der Waals surface area contributed by atoms with E-state index in [0.717, 1.165) is 23.4 Å². The summed E-state index contributed by atoms with van der Waals surface area (Å²) in [6.45, 7) is 2.03. The summed E-state index contributed by atoms with van der Waals surface area (Å²) in [5.41, 5.74) is 1.85. The van der Waals surface area contributed by atoms with Gasteiger partial charge in [0.15, 0.2) is 0 Å². The molecule has 2 heteroatoms. The van der Waals surface area contributed by atoms with Gasteiger partial charge in [0.1, 0.15) is 5.82 Å². The van der Waals surface area contributed by atoms with Crippen LogP contribution >= 0.6 is 0 Å². The van der Waals surface area contributed by atoms with Crippen LogP contribution in [-0.2, 0) is 6.42 Å². The van der Waals surface area contributed by atoms with E-state index in [2.05, 4.69) is 21.8 Å². The van der Waals surface area contributed by atoms with Gasteiger partial charge in [-0.25, -0.2) is 9.97 Å². The zero-order chi connectivity index (χ0) is 11.2. The third-order valence-electron chi connectivity index (χ3n) is 2.15. The van der Waals surface area contributed by atoms with Crippen LogP contribution in [0.1, 0.15) is 23.9 Å². The van der Waals surface area contributed by atoms with Crippen molar-refractivity contribution in [3.8, 4) is 11.8 Å². The Hall–Kier alpha value is -2.14. The fraction of sp³-hybridized carbons (Fsp3) is 0.143. The standard InChI is InChI=1S/C14H12N2/c1-2-14-15-10-13(11-16-14)9-8-12-6-4-3-5-7-12/h3-7,10-11H,2H2,1H3. The SMILES string of the molecule is CCc1ncc(C#Cc2ccccc2)cn1. The van der Waals surface area contributed by atoms with Crippen molar-refractivity contribution in [3.05, 3.63) is 59.7 Å². The van der Waals surface area contributed by atoms with Gasteiger partial charge in [-0.05, 0) is 12.1 Å². The maximum atomic E-state index is 4.20. The minimum Gasteiger partial charge on any atom is -0.240 e. The molecule has 0 fully saturated rings. The summed E-state index contributed by atoms with van der Waals surface area (Å²) in [4.78, 5) is 8.39. The Kier molecular flexibility index (Phi) is 3.30. The summed E-state index contributed by atoms with van der Waals surface area (Å²) in [5, 5.41) is 0. The Labute approximate surface area is 95.4 Å². The zero-order valence-electron chi connectivity index (χ0n) is 9.14. The largest absolute Gasteiger partial charge is 0.240 e. The molecule has 2 rings (SSSR count). The number of hydrogen-bond acceptors (Lipinski definition) is 2. The van der Waals surface area contributed by atoms with Crippen molar-refractivity contribution >= 4 is 0 Å². The van der Waals surface area contributed by atoms with Crippen LogP contribution in [0.4, 0.5) is 0 Å². The number of hydrogen-bond donors (Lipinski definition) is 0. The zero-order valence-corrected chi connectivity index (χ0v) is 9.14. The molecule has 1 aromatic heterocycles. The van der Waals surface area contributed by atoms with Crippen LogP contribution < -0.4 is 0 Å². The van der Waals surface area contributed by atoms with Crippen LogP contribution in [0.3, 0.4) is 0 Å². The first-order chi connectivity index (χ1) is 7.88. The highest BCUT2D eigenvalue weighted by Crippen LogP contribution is 1.98. The molecule has 0 saturated heterocycles. The monoisotopic (exact) mass is 208 g/mol. The van der Waals surface area contributed by atoms with Gasteiger partial charge in [0.05, 0.1) is 5.56 Å². The normalized spacial score (nSPS) is 9.31. The van der Waals surface area contributed by atoms with E-state index >= 15 is 0 Å². The van der Waals surface area contributed by atoms with Gasteiger partial charge in [0, 0.05) is 24.4 Å². The van der Waals surface area contributed by atoms with Crippen LogP contribution in [0.15, 0.2) is 42.7 Å². The van der Waals surface area contributed by atoms with Crippen molar-refractivity contribution in [2.24, 2.45) is 0 Å². The molecule has 0 spiro atoms. The summed E-state index contributed by atoms with van der Waals surface area (Å²) < 4.78 is 0. The Bertz CT molecular complexity index is 504. The van der Waals surface area contributed by atoms with Gasteiger partial charge in [-0.2, -0.15) is 0 Å². The lowest BCUT2D eigenvalue weighted by atomic mass is 10.2. The molecular weight excluding hydrogens is 196 g/mol. The molecular formula is C14H12N2. The number of aryl methyl sites for hydroxylation is 1. The molecule has 0 bridgehead atoms. The molecule has 0 radical (unpaired) electrons. The fourth-order valence-corrected chi connectivity index (χ4v) is 1.27. The highest BCUT2D eigenvalue weighted by atomic mass is 14.8. The summed E-state index contributed by atoms with van der Waals surface area (Å²) in [6, 6.07) is 9.88. The third-order valence-corrected chi connectivity index (χ3v) is 2.15. The van der Waals surface area contributed by atoms with Gasteiger partial charge in [0.25, 0.3) is 0 Å². The van der Waals surface area contributed by atoms with Crippen LogP contribution in [0.25, 0.3) is 0 Å². The summed E-state index contributed by atoms with van der Waals surface area (Å²) in [7, 11) is 0. The molecule has 0 amide bonds. The highest BCUT2D eigenvalue weighted by Gasteiger charge is 1.91. The number of aromatic nitrogens is 2. The van der Waals surface area contributed by atoms with Crippen molar-refractivity contribution < 1.29 is 0 Å². The van der Waals surface area contributed by atoms with Crippen molar-refractivity contribution in [3.63, 3.8) is 0 Å². The van der Waals surface area contributed by atoms with Gasteiger partial charge < -0.3 is 0 Å². The third kappa shape index (κ3) is 2.68. The van der Waals surface area contributed by atoms with Crippen molar-refractivity contribution in [1.29, 1.82) is 0 Å². The van der Waals surface area contributed by atoms with Crippen LogP contribution in [-0.4, -0.2) is 9.97 Å². The average molecular weight is 208 g/mol. The molecule has 0 atom stereocenters. The number of rotatable bonds is 1. The summed E-state index contributed by atoms with van der Waals surface area (Å²) >= 11 is 0. The number of benzene rings is 1. The predicted molar refractivity (Wildman–Crippen MR) is 63.8 cm³/mol. The van der Waals surface area contributed by atoms with Crippen LogP contribution in [0.2, 0.25) is 0 Å². The molecule has 2 aromatic rings. The second kappa shape index (κ2) is 5.09. The molecule has 1 heterocycles. The van der Waals surface area contributed by atoms with E-state index in [1.54, 1.807) is 12.4 Å². The van der Waals surface area contributed by atoms with E-state index in [0.29, 0.717) is 0 Å². The van der Waals surface area contributed by atoms with Crippen molar-refractivity contribution in [2.45, 2.75) is 13.3 Å². The van der Waals surface area contributed by atoms with Crippen LogP contribution in [0, 0.1) is 11.8 Å². The second-order valence-electron chi connectivity index (χ2n) is 3.36. The van der Waals surface area contributed by atoms with E-state index in [9.17, 15) is 0 Å². The van der Waals surface area contributed by atoms with Crippen molar-refractivity contribution in [1.82, 2.24) is 9.97 Å². The van der Waals surface area contributed by atoms with E-state index < -0.39 is 0 Å². The Morgan fingerprint density at radius 3 is 2.19 bits per heavy atom. The lowest BCUT2D eigenvalue weighted by Gasteiger charge is -1.93. The first-order valence-corrected chi connectivity index (χ1v) is 5.26. The fourth-order valence-electron chi connectivity index (χ4n) is 1.27.